The van der Waals surface area contributed by atoms with Crippen LogP contribution in [0.3, 0.4) is 0 Å². The highest BCUT2D eigenvalue weighted by atomic mass is 19.4. The Hall–Kier alpha value is -4.80. The molecule has 1 aliphatic heterocycles. The molecule has 2 heterocycles. The van der Waals surface area contributed by atoms with Gasteiger partial charge in [0.1, 0.15) is 17.9 Å². The third kappa shape index (κ3) is 17.8. The van der Waals surface area contributed by atoms with Crippen LogP contribution in [0.4, 0.5) is 32.6 Å². The molecule has 4 N–H and O–H groups in total. The van der Waals surface area contributed by atoms with E-state index in [1.165, 1.54) is 19.1 Å². The summed E-state index contributed by atoms with van der Waals surface area (Å²) in [5.74, 6) is -4.20. The Morgan fingerprint density at radius 2 is 1.88 bits per heavy atom. The number of benzene rings is 1. The minimum absolute atomic E-state index is 0.122. The van der Waals surface area contributed by atoms with Gasteiger partial charge in [-0.25, -0.2) is 18.6 Å². The van der Waals surface area contributed by atoms with E-state index < -0.39 is 61.2 Å². The fraction of sp³-hybridized carbons (Fsp3) is 0.452. The Balaban J connectivity index is 0.000000727. The summed E-state index contributed by atoms with van der Waals surface area (Å²) in [5, 5.41) is 17.9. The molecule has 17 heteroatoms. The minimum Gasteiger partial charge on any atom is -0.482 e. The second kappa shape index (κ2) is 22.7. The van der Waals surface area contributed by atoms with Crippen LogP contribution < -0.4 is 16.0 Å². The number of anilines is 1. The molecule has 1 atom stereocenters. The van der Waals surface area contributed by atoms with E-state index in [9.17, 15) is 36.3 Å². The Morgan fingerprint density at radius 1 is 1.25 bits per heavy atom. The number of carbonyl (C=O) groups excluding carboxylic acids is 3. The lowest BCUT2D eigenvalue weighted by atomic mass is 10.1. The van der Waals surface area contributed by atoms with E-state index >= 15 is 0 Å². The van der Waals surface area contributed by atoms with Gasteiger partial charge in [0.25, 0.3) is 11.8 Å². The van der Waals surface area contributed by atoms with Crippen molar-refractivity contribution in [3.05, 3.63) is 72.1 Å². The summed E-state index contributed by atoms with van der Waals surface area (Å²) in [6.07, 6.45) is -1.46. The average molecular weight is 691 g/mol. The van der Waals surface area contributed by atoms with Crippen LogP contribution in [0.25, 0.3) is 0 Å². The number of rotatable bonds is 11. The van der Waals surface area contributed by atoms with Gasteiger partial charge in [-0.15, -0.1) is 0 Å². The number of hydrogen-bond acceptors (Lipinski definition) is 9. The van der Waals surface area contributed by atoms with E-state index in [2.05, 4.69) is 65.0 Å². The SMILES string of the molecule is C=C(OCC(F)(F)F)/C(=N\O)C(=O)NCC=O.CCC.CNc1cc(C(COC)N2CC(F)(F)CNC2=O)ccn1.Cc1ccccc1. The van der Waals surface area contributed by atoms with Crippen molar-refractivity contribution in [2.24, 2.45) is 5.16 Å². The largest absolute Gasteiger partial charge is 0.482 e. The van der Waals surface area contributed by atoms with Gasteiger partial charge in [-0.3, -0.25) is 4.79 Å². The topological polar surface area (TPSA) is 154 Å². The van der Waals surface area contributed by atoms with Crippen molar-refractivity contribution >= 4 is 29.8 Å². The van der Waals surface area contributed by atoms with Crippen LogP contribution >= 0.6 is 0 Å². The molecule has 0 bridgehead atoms. The van der Waals surface area contributed by atoms with Crippen LogP contribution in [0, 0.1) is 6.92 Å². The molecule has 3 rings (SSSR count). The molecule has 1 saturated heterocycles. The van der Waals surface area contributed by atoms with Crippen LogP contribution in [0.15, 0.2) is 66.2 Å². The predicted molar refractivity (Wildman–Crippen MR) is 170 cm³/mol. The predicted octanol–water partition coefficient (Wildman–Crippen LogP) is 5.11. The number of aryl methyl sites for hydroxylation is 1. The second-order valence-corrected chi connectivity index (χ2v) is 9.85. The number of alkyl halides is 5. The number of aldehydes is 1. The van der Waals surface area contributed by atoms with Gasteiger partial charge in [-0.05, 0) is 24.6 Å². The van der Waals surface area contributed by atoms with Crippen LogP contribution in [0.2, 0.25) is 0 Å². The van der Waals surface area contributed by atoms with Crippen molar-refractivity contribution in [1.82, 2.24) is 20.5 Å². The van der Waals surface area contributed by atoms with Gasteiger partial charge < -0.3 is 40.3 Å². The molecular weight excluding hydrogens is 647 g/mol. The van der Waals surface area contributed by atoms with E-state index in [1.54, 1.807) is 25.4 Å². The van der Waals surface area contributed by atoms with Gasteiger partial charge in [0.05, 0.1) is 32.3 Å². The molecule has 12 nitrogen and oxygen atoms in total. The lowest BCUT2D eigenvalue weighted by Crippen LogP contribution is -2.58. The number of methoxy groups -OCH3 is 1. The maximum Gasteiger partial charge on any atom is 0.422 e. The summed E-state index contributed by atoms with van der Waals surface area (Å²) < 4.78 is 71.6. The number of aromatic nitrogens is 1. The van der Waals surface area contributed by atoms with E-state index in [0.717, 1.165) is 4.90 Å². The quantitative estimate of drug-likeness (QED) is 0.0634. The number of hydrogen-bond donors (Lipinski definition) is 4. The number of carbonyl (C=O) groups is 3. The summed E-state index contributed by atoms with van der Waals surface area (Å²) in [6.45, 7) is 6.12. The number of urea groups is 1. The van der Waals surface area contributed by atoms with E-state index in [0.29, 0.717) is 17.7 Å². The van der Waals surface area contributed by atoms with Gasteiger partial charge in [0, 0.05) is 20.4 Å². The van der Waals surface area contributed by atoms with Crippen LogP contribution in [0.1, 0.15) is 37.4 Å². The number of amides is 3. The van der Waals surface area contributed by atoms with Crippen molar-refractivity contribution in [1.29, 1.82) is 0 Å². The third-order valence-corrected chi connectivity index (χ3v) is 5.56. The van der Waals surface area contributed by atoms with E-state index in [4.69, 9.17) is 9.94 Å². The lowest BCUT2D eigenvalue weighted by molar-refractivity contribution is -0.163. The molecule has 0 saturated carbocycles. The summed E-state index contributed by atoms with van der Waals surface area (Å²) in [6, 6.07) is 12.5. The summed E-state index contributed by atoms with van der Waals surface area (Å²) in [7, 11) is 3.17. The number of ether oxygens (including phenoxy) is 2. The van der Waals surface area contributed by atoms with Gasteiger partial charge in [-0.1, -0.05) is 67.9 Å². The van der Waals surface area contributed by atoms with Crippen LogP contribution in [-0.2, 0) is 19.1 Å². The third-order valence-electron chi connectivity index (χ3n) is 5.56. The van der Waals surface area contributed by atoms with Crippen molar-refractivity contribution in [3.8, 4) is 0 Å². The second-order valence-electron chi connectivity index (χ2n) is 9.85. The molecule has 48 heavy (non-hydrogen) atoms. The van der Waals surface area contributed by atoms with Crippen LogP contribution in [0.5, 0.6) is 0 Å². The Labute approximate surface area is 276 Å². The monoisotopic (exact) mass is 690 g/mol. The van der Waals surface area contributed by atoms with Gasteiger partial charge in [0.2, 0.25) is 5.71 Å². The van der Waals surface area contributed by atoms with Gasteiger partial charge in [0.15, 0.2) is 6.61 Å². The normalized spacial score (nSPS) is 14.2. The zero-order valence-corrected chi connectivity index (χ0v) is 27.4. The molecule has 1 unspecified atom stereocenters. The summed E-state index contributed by atoms with van der Waals surface area (Å²) >= 11 is 0. The van der Waals surface area contributed by atoms with Crippen molar-refractivity contribution < 1.29 is 51.0 Å². The molecule has 2 aromatic rings. The molecule has 1 aromatic heterocycles. The molecule has 268 valence electrons. The molecule has 3 amide bonds. The maximum absolute atomic E-state index is 13.6. The number of pyridine rings is 1. The van der Waals surface area contributed by atoms with E-state index in [-0.39, 0.29) is 13.2 Å². The van der Waals surface area contributed by atoms with Crippen molar-refractivity contribution in [2.45, 2.75) is 45.3 Å². The first-order valence-electron chi connectivity index (χ1n) is 14.5. The molecule has 1 aliphatic rings. The zero-order valence-electron chi connectivity index (χ0n) is 27.4. The van der Waals surface area contributed by atoms with Crippen molar-refractivity contribution in [3.63, 3.8) is 0 Å². The standard InChI is InChI=1S/C13H18F2N4O2.C8H9F3N2O4.C7H8.C3H8/c1-16-11-5-9(3-4-17-11)10(6-21-2)19-8-13(14,15)7-18-12(19)20;1-5(17-4-8(9,10)11)6(13-16)7(15)12-2-3-14;1-7-5-3-2-4-6-7;1-3-2/h3-5,10H,6-8H2,1-2H3,(H,16,17)(H,18,20);3,16H,1-2,4H2,(H,12,15);2-6H,1H3;3H2,1-2H3/b;13-6+;;. The minimum atomic E-state index is -4.61. The molecular formula is C31H43F5N6O6. The van der Waals surface area contributed by atoms with Gasteiger partial charge >= 0.3 is 12.2 Å². The fourth-order valence-corrected chi connectivity index (χ4v) is 3.47. The Kier molecular flexibility index (Phi) is 20.4. The van der Waals surface area contributed by atoms with Crippen molar-refractivity contribution in [2.75, 3.05) is 52.3 Å². The molecule has 0 radical (unpaired) electrons. The molecule has 0 spiro atoms. The number of halogens is 5. The zero-order chi connectivity index (χ0) is 36.8. The maximum atomic E-state index is 13.6. The molecule has 0 aliphatic carbocycles. The fourth-order valence-electron chi connectivity index (χ4n) is 3.47. The first-order valence-corrected chi connectivity index (χ1v) is 14.5. The molecule has 1 fully saturated rings. The highest BCUT2D eigenvalue weighted by molar-refractivity contribution is 6.44. The number of nitrogens with one attached hydrogen (secondary N) is 3. The first kappa shape index (κ1) is 43.2. The molecule has 1 aromatic carbocycles. The summed E-state index contributed by atoms with van der Waals surface area (Å²) in [5.41, 5.74) is 1.17. The Morgan fingerprint density at radius 3 is 2.35 bits per heavy atom. The van der Waals surface area contributed by atoms with Gasteiger partial charge in [-0.2, -0.15) is 13.2 Å². The summed E-state index contributed by atoms with van der Waals surface area (Å²) in [4.78, 5) is 38.1. The highest BCUT2D eigenvalue weighted by Crippen LogP contribution is 2.28. The number of oxime groups is 1. The van der Waals surface area contributed by atoms with E-state index in [1.807, 2.05) is 23.5 Å². The highest BCUT2D eigenvalue weighted by Gasteiger charge is 2.42. The van der Waals surface area contributed by atoms with Crippen LogP contribution in [-0.4, -0.2) is 98.1 Å². The lowest BCUT2D eigenvalue weighted by Gasteiger charge is -2.38. The number of nitrogens with zero attached hydrogens (tertiary/aromatic N) is 3. The average Bonchev–Trinajstić information content (AvgIpc) is 3.04. The first-order chi connectivity index (χ1) is 22.6. The Bertz CT molecular complexity index is 1300. The smallest absolute Gasteiger partial charge is 0.422 e.